The molecular weight excluding hydrogens is 274 g/mol. The predicted octanol–water partition coefficient (Wildman–Crippen LogP) is 3.68. The van der Waals surface area contributed by atoms with E-state index in [0.717, 1.165) is 37.3 Å². The lowest BCUT2D eigenvalue weighted by molar-refractivity contribution is -0.0909. The van der Waals surface area contributed by atoms with Crippen LogP contribution in [0.5, 0.6) is 0 Å². The van der Waals surface area contributed by atoms with Crippen LogP contribution in [-0.4, -0.2) is 43.5 Å². The standard InChI is InChI=1S/C19H33NO2/c1-19(2)15-7-6-14(10-15)17(19)11-18-21-13-16(22-18)12-20-8-4-3-5-9-20/h14-18H,3-13H2,1-2H3/t14-,15+,16+,17+,18-/m0/s1. The van der Waals surface area contributed by atoms with Crippen molar-refractivity contribution in [1.82, 2.24) is 4.90 Å². The second-order valence-electron chi connectivity index (χ2n) is 8.82. The van der Waals surface area contributed by atoms with Crippen molar-refractivity contribution in [3.05, 3.63) is 0 Å². The molecule has 22 heavy (non-hydrogen) atoms. The maximum absolute atomic E-state index is 6.26. The number of hydrogen-bond acceptors (Lipinski definition) is 3. The first-order valence-electron chi connectivity index (χ1n) is 9.62. The summed E-state index contributed by atoms with van der Waals surface area (Å²) in [6.07, 6.45) is 9.99. The van der Waals surface area contributed by atoms with Gasteiger partial charge in [0.05, 0.1) is 12.7 Å². The Morgan fingerprint density at radius 3 is 2.64 bits per heavy atom. The molecule has 4 fully saturated rings. The van der Waals surface area contributed by atoms with Gasteiger partial charge in [0.1, 0.15) is 0 Å². The molecule has 0 aromatic heterocycles. The fourth-order valence-electron chi connectivity index (χ4n) is 5.83. The van der Waals surface area contributed by atoms with E-state index in [1.807, 2.05) is 0 Å². The molecule has 0 amide bonds. The third-order valence-electron chi connectivity index (χ3n) is 7.22. The molecule has 5 atom stereocenters. The van der Waals surface area contributed by atoms with E-state index >= 15 is 0 Å². The highest BCUT2D eigenvalue weighted by Crippen LogP contribution is 2.60. The Labute approximate surface area is 135 Å². The predicted molar refractivity (Wildman–Crippen MR) is 87.6 cm³/mol. The topological polar surface area (TPSA) is 21.7 Å². The third-order valence-corrected chi connectivity index (χ3v) is 7.22. The lowest BCUT2D eigenvalue weighted by atomic mass is 9.67. The van der Waals surface area contributed by atoms with E-state index in [4.69, 9.17) is 9.47 Å². The molecule has 2 aliphatic heterocycles. The van der Waals surface area contributed by atoms with E-state index in [-0.39, 0.29) is 6.29 Å². The van der Waals surface area contributed by atoms with Crippen LogP contribution in [0.25, 0.3) is 0 Å². The molecule has 4 aliphatic rings. The van der Waals surface area contributed by atoms with Gasteiger partial charge in [0, 0.05) is 13.0 Å². The van der Waals surface area contributed by atoms with Crippen molar-refractivity contribution in [2.24, 2.45) is 23.2 Å². The number of nitrogens with zero attached hydrogens (tertiary/aromatic N) is 1. The van der Waals surface area contributed by atoms with Gasteiger partial charge in [-0.2, -0.15) is 0 Å². The first-order valence-corrected chi connectivity index (χ1v) is 9.62. The smallest absolute Gasteiger partial charge is 0.158 e. The maximum Gasteiger partial charge on any atom is 0.158 e. The summed E-state index contributed by atoms with van der Waals surface area (Å²) in [7, 11) is 0. The van der Waals surface area contributed by atoms with Gasteiger partial charge in [0.15, 0.2) is 6.29 Å². The normalized spacial score (nSPS) is 44.7. The number of fused-ring (bicyclic) bond motifs is 2. The lowest BCUT2D eigenvalue weighted by Crippen LogP contribution is -2.38. The van der Waals surface area contributed by atoms with Crippen LogP contribution in [0.15, 0.2) is 0 Å². The molecule has 2 heterocycles. The summed E-state index contributed by atoms with van der Waals surface area (Å²) >= 11 is 0. The minimum absolute atomic E-state index is 0.0680. The summed E-state index contributed by atoms with van der Waals surface area (Å²) in [6, 6.07) is 0. The van der Waals surface area contributed by atoms with Gasteiger partial charge < -0.3 is 14.4 Å². The Morgan fingerprint density at radius 2 is 1.91 bits per heavy atom. The number of rotatable bonds is 4. The van der Waals surface area contributed by atoms with E-state index in [1.54, 1.807) is 0 Å². The number of ether oxygens (including phenoxy) is 2. The molecule has 3 nitrogen and oxygen atoms in total. The molecule has 2 bridgehead atoms. The Kier molecular flexibility index (Phi) is 4.25. The molecule has 4 rings (SSSR count). The van der Waals surface area contributed by atoms with Crippen molar-refractivity contribution in [3.63, 3.8) is 0 Å². The van der Waals surface area contributed by atoms with Crippen LogP contribution in [0.4, 0.5) is 0 Å². The van der Waals surface area contributed by atoms with E-state index in [2.05, 4.69) is 18.7 Å². The van der Waals surface area contributed by atoms with Gasteiger partial charge in [-0.25, -0.2) is 0 Å². The number of piperidine rings is 1. The van der Waals surface area contributed by atoms with Crippen LogP contribution in [0.3, 0.4) is 0 Å². The molecule has 0 radical (unpaired) electrons. The zero-order valence-corrected chi connectivity index (χ0v) is 14.4. The molecular formula is C19H33NO2. The molecule has 2 saturated carbocycles. The molecule has 2 aliphatic carbocycles. The van der Waals surface area contributed by atoms with Gasteiger partial charge >= 0.3 is 0 Å². The van der Waals surface area contributed by atoms with Crippen LogP contribution < -0.4 is 0 Å². The molecule has 2 saturated heterocycles. The second-order valence-corrected chi connectivity index (χ2v) is 8.82. The summed E-state index contributed by atoms with van der Waals surface area (Å²) in [6.45, 7) is 9.37. The molecule has 126 valence electrons. The maximum atomic E-state index is 6.26. The second kappa shape index (κ2) is 6.07. The summed E-state index contributed by atoms with van der Waals surface area (Å²) in [5, 5.41) is 0. The quantitative estimate of drug-likeness (QED) is 0.791. The van der Waals surface area contributed by atoms with Gasteiger partial charge in [-0.3, -0.25) is 0 Å². The van der Waals surface area contributed by atoms with Crippen LogP contribution in [0.1, 0.15) is 58.8 Å². The van der Waals surface area contributed by atoms with E-state index < -0.39 is 0 Å². The van der Waals surface area contributed by atoms with E-state index in [9.17, 15) is 0 Å². The minimum atomic E-state index is 0.0680. The number of likely N-dealkylation sites (tertiary alicyclic amines) is 1. The molecule has 0 N–H and O–H groups in total. The van der Waals surface area contributed by atoms with Gasteiger partial charge in [0.25, 0.3) is 0 Å². The first kappa shape index (κ1) is 15.4. The fourth-order valence-corrected chi connectivity index (χ4v) is 5.83. The Hall–Kier alpha value is -0.120. The van der Waals surface area contributed by atoms with E-state index in [1.165, 1.54) is 51.6 Å². The van der Waals surface area contributed by atoms with Crippen LogP contribution in [0, 0.1) is 23.2 Å². The van der Waals surface area contributed by atoms with Gasteiger partial charge in [0.2, 0.25) is 0 Å². The zero-order valence-electron chi connectivity index (χ0n) is 14.4. The molecule has 0 spiro atoms. The van der Waals surface area contributed by atoms with Crippen LogP contribution in [0.2, 0.25) is 0 Å². The van der Waals surface area contributed by atoms with Crippen molar-refractivity contribution < 1.29 is 9.47 Å². The molecule has 0 unspecified atom stereocenters. The van der Waals surface area contributed by atoms with Gasteiger partial charge in [-0.05, 0) is 68.4 Å². The minimum Gasteiger partial charge on any atom is -0.350 e. The Balaban J connectivity index is 1.28. The summed E-state index contributed by atoms with van der Waals surface area (Å²) in [5.74, 6) is 2.70. The molecule has 3 heteroatoms. The molecule has 0 aromatic rings. The van der Waals surface area contributed by atoms with Gasteiger partial charge in [-0.15, -0.1) is 0 Å². The monoisotopic (exact) mass is 307 g/mol. The fraction of sp³-hybridized carbons (Fsp3) is 1.00. The average Bonchev–Trinajstić information content (AvgIpc) is 3.19. The SMILES string of the molecule is CC1(C)[C@@H]2CC[C@@H](C2)[C@H]1C[C@H]1OC[C@@H](CN2CCCCC2)O1. The van der Waals surface area contributed by atoms with Crippen LogP contribution >= 0.6 is 0 Å². The van der Waals surface area contributed by atoms with Crippen molar-refractivity contribution in [3.8, 4) is 0 Å². The molecule has 0 aromatic carbocycles. The van der Waals surface area contributed by atoms with Crippen molar-refractivity contribution in [2.45, 2.75) is 71.2 Å². The summed E-state index contributed by atoms with van der Waals surface area (Å²) in [5.41, 5.74) is 0.501. The third kappa shape index (κ3) is 2.85. The van der Waals surface area contributed by atoms with Crippen molar-refractivity contribution in [1.29, 1.82) is 0 Å². The van der Waals surface area contributed by atoms with E-state index in [0.29, 0.717) is 11.5 Å². The largest absolute Gasteiger partial charge is 0.350 e. The first-order chi connectivity index (χ1) is 10.6. The Bertz CT molecular complexity index is 391. The van der Waals surface area contributed by atoms with Crippen molar-refractivity contribution >= 4 is 0 Å². The summed E-state index contributed by atoms with van der Waals surface area (Å²) in [4.78, 5) is 2.57. The highest BCUT2D eigenvalue weighted by Gasteiger charge is 2.53. The average molecular weight is 307 g/mol. The zero-order chi connectivity index (χ0) is 15.2. The van der Waals surface area contributed by atoms with Crippen LogP contribution in [-0.2, 0) is 9.47 Å². The summed E-state index contributed by atoms with van der Waals surface area (Å²) < 4.78 is 12.3. The van der Waals surface area contributed by atoms with Crippen molar-refractivity contribution in [2.75, 3.05) is 26.2 Å². The highest BCUT2D eigenvalue weighted by molar-refractivity contribution is 5.02. The van der Waals surface area contributed by atoms with Gasteiger partial charge in [-0.1, -0.05) is 20.3 Å². The lowest BCUT2D eigenvalue weighted by Gasteiger charge is -2.39. The Morgan fingerprint density at radius 1 is 1.09 bits per heavy atom. The highest BCUT2D eigenvalue weighted by atomic mass is 16.7. The number of hydrogen-bond donors (Lipinski definition) is 0.